The number of fused-ring (bicyclic) bond motifs is 1. The highest BCUT2D eigenvalue weighted by Gasteiger charge is 2.37. The molecule has 3 aromatic rings. The summed E-state index contributed by atoms with van der Waals surface area (Å²) < 4.78 is 17.4. The van der Waals surface area contributed by atoms with Crippen LogP contribution in [0.3, 0.4) is 0 Å². The Labute approximate surface area is 175 Å². The summed E-state index contributed by atoms with van der Waals surface area (Å²) in [6.45, 7) is 3.23. The van der Waals surface area contributed by atoms with Crippen molar-refractivity contribution in [1.29, 1.82) is 0 Å². The van der Waals surface area contributed by atoms with Gasteiger partial charge in [0.15, 0.2) is 11.4 Å². The van der Waals surface area contributed by atoms with Crippen LogP contribution < -0.4 is 10.1 Å². The van der Waals surface area contributed by atoms with Crippen LogP contribution in [0, 0.1) is 5.92 Å². The number of benzene rings is 1. The smallest absolute Gasteiger partial charge is 0.176 e. The van der Waals surface area contributed by atoms with Crippen molar-refractivity contribution in [2.24, 2.45) is 5.92 Å². The number of hydrogen-bond donors (Lipinski definition) is 3. The van der Waals surface area contributed by atoms with E-state index in [9.17, 15) is 10.2 Å². The third-order valence-corrected chi connectivity index (χ3v) is 5.45. The minimum Gasteiger partial charge on any atom is -0.496 e. The van der Waals surface area contributed by atoms with E-state index in [0.29, 0.717) is 17.8 Å². The van der Waals surface area contributed by atoms with Crippen LogP contribution in [0.15, 0.2) is 47.0 Å². The number of rotatable bonds is 7. The molecule has 4 rings (SSSR count). The first kappa shape index (κ1) is 20.7. The van der Waals surface area contributed by atoms with Crippen LogP contribution in [-0.4, -0.2) is 46.8 Å². The quantitative estimate of drug-likeness (QED) is 0.508. The van der Waals surface area contributed by atoms with E-state index in [0.717, 1.165) is 28.9 Å². The molecule has 160 valence electrons. The highest BCUT2D eigenvalue weighted by molar-refractivity contribution is 5.89. The van der Waals surface area contributed by atoms with Gasteiger partial charge in [-0.05, 0) is 44.9 Å². The molecule has 1 aliphatic rings. The summed E-state index contributed by atoms with van der Waals surface area (Å²) in [6.07, 6.45) is 2.95. The van der Waals surface area contributed by atoms with Gasteiger partial charge in [-0.1, -0.05) is 12.1 Å². The van der Waals surface area contributed by atoms with Gasteiger partial charge in [0.05, 0.1) is 24.5 Å². The summed E-state index contributed by atoms with van der Waals surface area (Å²) in [5.74, 6) is 0.153. The van der Waals surface area contributed by atoms with Gasteiger partial charge in [0, 0.05) is 30.8 Å². The van der Waals surface area contributed by atoms with Gasteiger partial charge >= 0.3 is 0 Å². The van der Waals surface area contributed by atoms with Crippen molar-refractivity contribution in [1.82, 2.24) is 4.98 Å². The summed E-state index contributed by atoms with van der Waals surface area (Å²) >= 11 is 0. The highest BCUT2D eigenvalue weighted by atomic mass is 16.6. The number of anilines is 1. The van der Waals surface area contributed by atoms with Gasteiger partial charge in [-0.25, -0.2) is 0 Å². The number of pyridine rings is 1. The molecule has 1 saturated carbocycles. The van der Waals surface area contributed by atoms with E-state index in [-0.39, 0.29) is 24.7 Å². The lowest BCUT2D eigenvalue weighted by Gasteiger charge is -2.26. The Morgan fingerprint density at radius 1 is 1.23 bits per heavy atom. The summed E-state index contributed by atoms with van der Waals surface area (Å²) in [7, 11) is 1.64. The van der Waals surface area contributed by atoms with Gasteiger partial charge in [0.1, 0.15) is 17.0 Å². The molecule has 1 aromatic carbocycles. The van der Waals surface area contributed by atoms with Crippen LogP contribution in [0.1, 0.15) is 26.7 Å². The molecule has 2 heterocycles. The minimum atomic E-state index is -1.23. The summed E-state index contributed by atoms with van der Waals surface area (Å²) in [4.78, 5) is 4.44. The molecular formula is C23H28N2O5. The van der Waals surface area contributed by atoms with Crippen LogP contribution >= 0.6 is 0 Å². The zero-order valence-corrected chi connectivity index (χ0v) is 17.5. The number of aliphatic hydroxyl groups excluding tert-OH is 1. The number of hydrogen-bond acceptors (Lipinski definition) is 7. The van der Waals surface area contributed by atoms with Crippen LogP contribution in [0.25, 0.3) is 22.4 Å². The summed E-state index contributed by atoms with van der Waals surface area (Å²) in [6, 6.07) is 11.6. The number of aliphatic hydroxyl groups is 2. The van der Waals surface area contributed by atoms with Gasteiger partial charge in [-0.2, -0.15) is 0 Å². The van der Waals surface area contributed by atoms with E-state index in [1.165, 1.54) is 0 Å². The molecule has 1 unspecified atom stereocenters. The largest absolute Gasteiger partial charge is 0.496 e. The third-order valence-electron chi connectivity index (χ3n) is 5.45. The van der Waals surface area contributed by atoms with Crippen molar-refractivity contribution < 1.29 is 24.1 Å². The molecule has 7 heteroatoms. The second-order valence-electron chi connectivity index (χ2n) is 8.24. The van der Waals surface area contributed by atoms with Crippen LogP contribution in [0.5, 0.6) is 5.75 Å². The van der Waals surface area contributed by atoms with Gasteiger partial charge in [0.25, 0.3) is 0 Å². The Kier molecular flexibility index (Phi) is 5.69. The maximum absolute atomic E-state index is 10.0. The second-order valence-corrected chi connectivity index (χ2v) is 8.24. The molecule has 0 spiro atoms. The lowest BCUT2D eigenvalue weighted by Crippen LogP contribution is -2.33. The molecule has 30 heavy (non-hydrogen) atoms. The Bertz CT molecular complexity index is 1010. The van der Waals surface area contributed by atoms with Crippen molar-refractivity contribution in [2.45, 2.75) is 44.6 Å². The van der Waals surface area contributed by atoms with Gasteiger partial charge in [0.2, 0.25) is 0 Å². The third kappa shape index (κ3) is 4.28. The van der Waals surface area contributed by atoms with Crippen molar-refractivity contribution >= 4 is 16.8 Å². The zero-order chi connectivity index (χ0) is 21.3. The predicted octanol–water partition coefficient (Wildman–Crippen LogP) is 3.80. The van der Waals surface area contributed by atoms with E-state index in [1.54, 1.807) is 27.2 Å². The van der Waals surface area contributed by atoms with Gasteiger partial charge in [-0.3, -0.25) is 4.98 Å². The average molecular weight is 412 g/mol. The molecule has 7 nitrogen and oxygen atoms in total. The fourth-order valence-electron chi connectivity index (χ4n) is 4.16. The minimum absolute atomic E-state index is 0.0172. The lowest BCUT2D eigenvalue weighted by molar-refractivity contribution is -0.214. The van der Waals surface area contributed by atoms with Gasteiger partial charge in [-0.15, -0.1) is 0 Å². The Morgan fingerprint density at radius 3 is 2.77 bits per heavy atom. The van der Waals surface area contributed by atoms with E-state index >= 15 is 0 Å². The molecule has 3 N–H and O–H groups in total. The standard InChI is InChI=1S/C23H28N2O5/c1-23(2,27)30-20-11-15(10-14(20)13-26)25-17-8-9-24-18-12-21(29-22(17)18)16-6-4-5-7-19(16)28-3/h4-9,12,14-15,20,26-27H,10-11,13H2,1-3H3,(H,24,25)/t14-,15-,20?/m1/s1. The summed E-state index contributed by atoms with van der Waals surface area (Å²) in [5.41, 5.74) is 3.13. The first-order valence-electron chi connectivity index (χ1n) is 10.2. The normalized spacial score (nSPS) is 21.8. The Morgan fingerprint density at radius 2 is 2.03 bits per heavy atom. The molecule has 0 bridgehead atoms. The number of ether oxygens (including phenoxy) is 2. The number of nitrogens with one attached hydrogen (secondary N) is 1. The number of nitrogens with zero attached hydrogens (tertiary/aromatic N) is 1. The first-order chi connectivity index (χ1) is 14.4. The fourth-order valence-corrected chi connectivity index (χ4v) is 4.16. The van der Waals surface area contributed by atoms with Gasteiger partial charge < -0.3 is 29.4 Å². The first-order valence-corrected chi connectivity index (χ1v) is 10.2. The number of methoxy groups -OCH3 is 1. The van der Waals surface area contributed by atoms with E-state index in [4.69, 9.17) is 13.9 Å². The van der Waals surface area contributed by atoms with Crippen molar-refractivity contribution in [3.8, 4) is 17.1 Å². The maximum Gasteiger partial charge on any atom is 0.176 e. The number of para-hydroxylation sites is 1. The van der Waals surface area contributed by atoms with E-state index in [2.05, 4.69) is 10.3 Å². The molecule has 0 amide bonds. The molecule has 1 fully saturated rings. The predicted molar refractivity (Wildman–Crippen MR) is 114 cm³/mol. The van der Waals surface area contributed by atoms with E-state index < -0.39 is 5.79 Å². The molecule has 0 saturated heterocycles. The maximum atomic E-state index is 10.0. The zero-order valence-electron chi connectivity index (χ0n) is 17.5. The molecule has 3 atom stereocenters. The van der Waals surface area contributed by atoms with Crippen LogP contribution in [0.4, 0.5) is 5.69 Å². The van der Waals surface area contributed by atoms with Crippen molar-refractivity contribution in [2.75, 3.05) is 19.0 Å². The molecule has 1 aliphatic carbocycles. The van der Waals surface area contributed by atoms with Crippen molar-refractivity contribution in [3.05, 3.63) is 42.6 Å². The SMILES string of the molecule is COc1ccccc1-c1cc2nccc(N[C@H]3CC(OC(C)(C)O)[C@@H](CO)C3)c2o1. The molecule has 0 aliphatic heterocycles. The summed E-state index contributed by atoms with van der Waals surface area (Å²) in [5, 5.41) is 23.3. The Hall–Kier alpha value is -2.61. The fraction of sp³-hybridized carbons (Fsp3) is 0.435. The Balaban J connectivity index is 1.59. The lowest BCUT2D eigenvalue weighted by atomic mass is 10.1. The van der Waals surface area contributed by atoms with E-state index in [1.807, 2.05) is 36.4 Å². The monoisotopic (exact) mass is 412 g/mol. The number of aromatic nitrogens is 1. The van der Waals surface area contributed by atoms with Crippen LogP contribution in [-0.2, 0) is 4.74 Å². The molecule has 0 radical (unpaired) electrons. The highest BCUT2D eigenvalue weighted by Crippen LogP contribution is 2.37. The topological polar surface area (TPSA) is 97.0 Å². The number of furan rings is 1. The molecule has 2 aromatic heterocycles. The molecular weight excluding hydrogens is 384 g/mol. The second kappa shape index (κ2) is 8.26. The van der Waals surface area contributed by atoms with Crippen LogP contribution in [0.2, 0.25) is 0 Å². The van der Waals surface area contributed by atoms with Crippen molar-refractivity contribution in [3.63, 3.8) is 0 Å². The average Bonchev–Trinajstić information content (AvgIpc) is 3.31.